The van der Waals surface area contributed by atoms with E-state index in [0.717, 1.165) is 48.8 Å². The number of rotatable bonds is 19. The van der Waals surface area contributed by atoms with Crippen molar-refractivity contribution in [2.75, 3.05) is 18.5 Å². The SMILES string of the molecule is CCCCCCCCn1c(=O)c(OCCCCCC)c(OCC=C(C)C)c2ccc(NCc3ccccc3)cc21. The zero-order chi connectivity index (χ0) is 28.6. The molecule has 5 heteroatoms. The van der Waals surface area contributed by atoms with Crippen LogP contribution in [-0.2, 0) is 13.1 Å². The fraction of sp³-hybridized carbons (Fsp3) is 0.514. The molecule has 1 N–H and O–H groups in total. The van der Waals surface area contributed by atoms with E-state index in [1.165, 1.54) is 49.7 Å². The van der Waals surface area contributed by atoms with E-state index in [0.29, 0.717) is 31.3 Å². The molecule has 3 rings (SSSR count). The molecule has 0 bridgehead atoms. The number of allylic oxidation sites excluding steroid dienone is 1. The number of hydrogen-bond donors (Lipinski definition) is 1. The maximum Gasteiger partial charge on any atom is 0.297 e. The van der Waals surface area contributed by atoms with E-state index in [1.54, 1.807) is 0 Å². The van der Waals surface area contributed by atoms with Crippen LogP contribution in [0.4, 0.5) is 5.69 Å². The quantitative estimate of drug-likeness (QED) is 0.120. The van der Waals surface area contributed by atoms with Gasteiger partial charge < -0.3 is 19.4 Å². The van der Waals surface area contributed by atoms with E-state index in [1.807, 2.05) is 16.7 Å². The van der Waals surface area contributed by atoms with Crippen molar-refractivity contribution in [2.45, 2.75) is 105 Å². The van der Waals surface area contributed by atoms with Gasteiger partial charge in [0, 0.05) is 24.2 Å². The summed E-state index contributed by atoms with van der Waals surface area (Å²) in [4.78, 5) is 14.0. The lowest BCUT2D eigenvalue weighted by molar-refractivity contribution is 0.272. The highest BCUT2D eigenvalue weighted by molar-refractivity contribution is 5.90. The van der Waals surface area contributed by atoms with Crippen LogP contribution in [0.3, 0.4) is 0 Å². The third-order valence-corrected chi connectivity index (χ3v) is 7.22. The molecule has 5 nitrogen and oxygen atoms in total. The molecule has 0 aliphatic heterocycles. The summed E-state index contributed by atoms with van der Waals surface area (Å²) in [6.07, 6.45) is 13.4. The van der Waals surface area contributed by atoms with Crippen LogP contribution >= 0.6 is 0 Å². The number of nitrogens with zero attached hydrogens (tertiary/aromatic N) is 1. The number of fused-ring (bicyclic) bond motifs is 1. The number of aryl methyl sites for hydroxylation is 1. The molecular weight excluding hydrogens is 496 g/mol. The van der Waals surface area contributed by atoms with Gasteiger partial charge in [-0.3, -0.25) is 4.79 Å². The van der Waals surface area contributed by atoms with Crippen molar-refractivity contribution in [3.8, 4) is 11.5 Å². The molecule has 0 radical (unpaired) electrons. The van der Waals surface area contributed by atoms with Gasteiger partial charge in [0.15, 0.2) is 5.75 Å². The Morgan fingerprint density at radius 3 is 2.25 bits per heavy atom. The molecule has 3 aromatic rings. The highest BCUT2D eigenvalue weighted by Gasteiger charge is 2.20. The van der Waals surface area contributed by atoms with Gasteiger partial charge in [0.2, 0.25) is 5.75 Å². The third kappa shape index (κ3) is 9.76. The van der Waals surface area contributed by atoms with Crippen molar-refractivity contribution >= 4 is 16.6 Å². The van der Waals surface area contributed by atoms with Crippen LogP contribution in [0.25, 0.3) is 10.9 Å². The van der Waals surface area contributed by atoms with Crippen molar-refractivity contribution in [1.29, 1.82) is 0 Å². The molecule has 0 atom stereocenters. The zero-order valence-corrected chi connectivity index (χ0v) is 25.3. The van der Waals surface area contributed by atoms with Crippen LogP contribution < -0.4 is 20.3 Å². The van der Waals surface area contributed by atoms with E-state index in [-0.39, 0.29) is 5.56 Å². The minimum atomic E-state index is -0.0936. The molecular formula is C35H50N2O3. The smallest absolute Gasteiger partial charge is 0.297 e. The van der Waals surface area contributed by atoms with E-state index in [9.17, 15) is 4.79 Å². The van der Waals surface area contributed by atoms with Crippen LogP contribution in [0.1, 0.15) is 97.5 Å². The van der Waals surface area contributed by atoms with Gasteiger partial charge in [-0.15, -0.1) is 0 Å². The van der Waals surface area contributed by atoms with E-state index in [2.05, 4.69) is 75.5 Å². The number of hydrogen-bond acceptors (Lipinski definition) is 4. The molecule has 0 aliphatic rings. The molecule has 2 aromatic carbocycles. The minimum absolute atomic E-state index is 0.0936. The van der Waals surface area contributed by atoms with Crippen molar-refractivity contribution < 1.29 is 9.47 Å². The predicted molar refractivity (Wildman–Crippen MR) is 170 cm³/mol. The second-order valence-electron chi connectivity index (χ2n) is 11.0. The molecule has 0 spiro atoms. The molecule has 0 fully saturated rings. The molecule has 218 valence electrons. The summed E-state index contributed by atoms with van der Waals surface area (Å²) in [7, 11) is 0. The number of ether oxygens (including phenoxy) is 2. The maximum atomic E-state index is 14.0. The van der Waals surface area contributed by atoms with Crippen LogP contribution in [0.2, 0.25) is 0 Å². The molecule has 0 amide bonds. The van der Waals surface area contributed by atoms with Crippen LogP contribution in [0.5, 0.6) is 11.5 Å². The van der Waals surface area contributed by atoms with Gasteiger partial charge >= 0.3 is 0 Å². The van der Waals surface area contributed by atoms with Gasteiger partial charge in [0.05, 0.1) is 12.1 Å². The Morgan fingerprint density at radius 1 is 0.825 bits per heavy atom. The average Bonchev–Trinajstić information content (AvgIpc) is 2.96. The highest BCUT2D eigenvalue weighted by atomic mass is 16.5. The number of aromatic nitrogens is 1. The van der Waals surface area contributed by atoms with Crippen LogP contribution in [0.15, 0.2) is 65.0 Å². The van der Waals surface area contributed by atoms with Crippen LogP contribution in [-0.4, -0.2) is 17.8 Å². The van der Waals surface area contributed by atoms with Gasteiger partial charge in [-0.2, -0.15) is 0 Å². The Morgan fingerprint density at radius 2 is 1.52 bits per heavy atom. The molecule has 40 heavy (non-hydrogen) atoms. The first-order chi connectivity index (χ1) is 19.5. The van der Waals surface area contributed by atoms with E-state index >= 15 is 0 Å². The normalized spacial score (nSPS) is 11.0. The summed E-state index contributed by atoms with van der Waals surface area (Å²) >= 11 is 0. The highest BCUT2D eigenvalue weighted by Crippen LogP contribution is 2.35. The van der Waals surface area contributed by atoms with Gasteiger partial charge in [-0.25, -0.2) is 0 Å². The Kier molecular flexibility index (Phi) is 13.7. The maximum absolute atomic E-state index is 14.0. The second-order valence-corrected chi connectivity index (χ2v) is 11.0. The minimum Gasteiger partial charge on any atom is -0.485 e. The Balaban J connectivity index is 1.97. The van der Waals surface area contributed by atoms with Gasteiger partial charge in [-0.1, -0.05) is 101 Å². The largest absolute Gasteiger partial charge is 0.485 e. The lowest BCUT2D eigenvalue weighted by atomic mass is 10.1. The molecule has 0 saturated heterocycles. The summed E-state index contributed by atoms with van der Waals surface area (Å²) in [5, 5.41) is 4.46. The monoisotopic (exact) mass is 546 g/mol. The van der Waals surface area contributed by atoms with Crippen molar-refractivity contribution in [3.05, 3.63) is 76.1 Å². The first-order valence-electron chi connectivity index (χ1n) is 15.4. The summed E-state index contributed by atoms with van der Waals surface area (Å²) < 4.78 is 14.4. The number of anilines is 1. The Hall–Kier alpha value is -3.21. The number of benzene rings is 2. The topological polar surface area (TPSA) is 52.5 Å². The third-order valence-electron chi connectivity index (χ3n) is 7.22. The number of unbranched alkanes of at least 4 members (excludes halogenated alkanes) is 8. The Bertz CT molecular complexity index is 1240. The van der Waals surface area contributed by atoms with Crippen LogP contribution in [0, 0.1) is 0 Å². The van der Waals surface area contributed by atoms with Gasteiger partial charge in [0.1, 0.15) is 6.61 Å². The lowest BCUT2D eigenvalue weighted by Crippen LogP contribution is -2.24. The van der Waals surface area contributed by atoms with Crippen molar-refractivity contribution in [3.63, 3.8) is 0 Å². The first-order valence-corrected chi connectivity index (χ1v) is 15.4. The first kappa shape index (κ1) is 31.3. The molecule has 0 saturated carbocycles. The van der Waals surface area contributed by atoms with E-state index in [4.69, 9.17) is 9.47 Å². The predicted octanol–water partition coefficient (Wildman–Crippen LogP) is 9.28. The number of pyridine rings is 1. The lowest BCUT2D eigenvalue weighted by Gasteiger charge is -2.19. The van der Waals surface area contributed by atoms with Crippen molar-refractivity contribution in [2.24, 2.45) is 0 Å². The average molecular weight is 547 g/mol. The van der Waals surface area contributed by atoms with Gasteiger partial charge in [0.25, 0.3) is 5.56 Å². The summed E-state index contributed by atoms with van der Waals surface area (Å²) in [6, 6.07) is 16.6. The number of nitrogens with one attached hydrogen (secondary N) is 1. The zero-order valence-electron chi connectivity index (χ0n) is 25.3. The van der Waals surface area contributed by atoms with Gasteiger partial charge in [-0.05, 0) is 56.5 Å². The Labute approximate surface area is 241 Å². The fourth-order valence-corrected chi connectivity index (χ4v) is 4.85. The molecule has 0 unspecified atom stereocenters. The summed E-state index contributed by atoms with van der Waals surface area (Å²) in [5.74, 6) is 0.906. The molecule has 1 heterocycles. The molecule has 1 aromatic heterocycles. The summed E-state index contributed by atoms with van der Waals surface area (Å²) in [5.41, 5.74) is 4.17. The van der Waals surface area contributed by atoms with E-state index < -0.39 is 0 Å². The fourth-order valence-electron chi connectivity index (χ4n) is 4.85. The summed E-state index contributed by atoms with van der Waals surface area (Å²) in [6.45, 7) is 10.8. The van der Waals surface area contributed by atoms with Crippen molar-refractivity contribution in [1.82, 2.24) is 4.57 Å². The standard InChI is InChI=1S/C35H50N2O3/c1-5-7-9-11-12-16-23-37-32-26-30(36-27-29-18-14-13-15-19-29)20-21-31(32)33(40-25-22-28(3)4)34(35(37)38)39-24-17-10-8-6-2/h13-15,18-22,26,36H,5-12,16-17,23-25,27H2,1-4H3. The second kappa shape index (κ2) is 17.5. The molecule has 0 aliphatic carbocycles.